The van der Waals surface area contributed by atoms with Gasteiger partial charge in [-0.25, -0.2) is 4.98 Å². The van der Waals surface area contributed by atoms with Gasteiger partial charge in [0.15, 0.2) is 0 Å². The Morgan fingerprint density at radius 2 is 2.00 bits per heavy atom. The number of benzene rings is 1. The SMILES string of the molecule is CC(C)CC(CN)c1nc2ccccc2n1C. The van der Waals surface area contributed by atoms with Crippen molar-refractivity contribution in [3.8, 4) is 0 Å². The Balaban J connectivity index is 2.43. The van der Waals surface area contributed by atoms with E-state index in [9.17, 15) is 0 Å². The van der Waals surface area contributed by atoms with Gasteiger partial charge in [-0.1, -0.05) is 26.0 Å². The van der Waals surface area contributed by atoms with Crippen molar-refractivity contribution in [1.82, 2.24) is 9.55 Å². The quantitative estimate of drug-likeness (QED) is 0.879. The molecule has 0 aliphatic heterocycles. The Bertz CT molecular complexity index is 499. The van der Waals surface area contributed by atoms with E-state index in [0.717, 1.165) is 17.8 Å². The highest BCUT2D eigenvalue weighted by atomic mass is 15.1. The first kappa shape index (κ1) is 12.1. The second kappa shape index (κ2) is 4.88. The van der Waals surface area contributed by atoms with Gasteiger partial charge in [0.05, 0.1) is 11.0 Å². The molecule has 3 heteroatoms. The van der Waals surface area contributed by atoms with Crippen molar-refractivity contribution in [2.45, 2.75) is 26.2 Å². The molecule has 1 aromatic carbocycles. The van der Waals surface area contributed by atoms with Gasteiger partial charge in [-0.05, 0) is 24.5 Å². The Labute approximate surface area is 103 Å². The molecule has 2 rings (SSSR count). The molecule has 2 aromatic rings. The molecule has 17 heavy (non-hydrogen) atoms. The van der Waals surface area contributed by atoms with Crippen molar-refractivity contribution in [3.63, 3.8) is 0 Å². The second-order valence-corrected chi connectivity index (χ2v) is 5.08. The Kier molecular flexibility index (Phi) is 3.48. The lowest BCUT2D eigenvalue weighted by Crippen LogP contribution is -2.18. The van der Waals surface area contributed by atoms with Crippen molar-refractivity contribution in [2.75, 3.05) is 6.54 Å². The van der Waals surface area contributed by atoms with Gasteiger partial charge in [0.2, 0.25) is 0 Å². The number of fused-ring (bicyclic) bond motifs is 1. The van der Waals surface area contributed by atoms with Gasteiger partial charge in [0.25, 0.3) is 0 Å². The van der Waals surface area contributed by atoms with Crippen LogP contribution in [0.25, 0.3) is 11.0 Å². The molecule has 92 valence electrons. The summed E-state index contributed by atoms with van der Waals surface area (Å²) in [4.78, 5) is 4.72. The summed E-state index contributed by atoms with van der Waals surface area (Å²) in [5, 5.41) is 0. The van der Waals surface area contributed by atoms with Gasteiger partial charge in [-0.3, -0.25) is 0 Å². The summed E-state index contributed by atoms with van der Waals surface area (Å²) in [6.45, 7) is 5.12. The van der Waals surface area contributed by atoms with E-state index in [0.29, 0.717) is 18.4 Å². The number of nitrogens with zero attached hydrogens (tertiary/aromatic N) is 2. The fraction of sp³-hybridized carbons (Fsp3) is 0.500. The number of aryl methyl sites for hydroxylation is 1. The average Bonchev–Trinajstić information content (AvgIpc) is 2.64. The summed E-state index contributed by atoms with van der Waals surface area (Å²) in [5.74, 6) is 2.11. The summed E-state index contributed by atoms with van der Waals surface area (Å²) in [7, 11) is 2.08. The first-order chi connectivity index (χ1) is 8.13. The molecular weight excluding hydrogens is 210 g/mol. The molecule has 1 aromatic heterocycles. The topological polar surface area (TPSA) is 43.8 Å². The molecule has 0 radical (unpaired) electrons. The first-order valence-electron chi connectivity index (χ1n) is 6.25. The zero-order valence-electron chi connectivity index (χ0n) is 10.9. The fourth-order valence-electron chi connectivity index (χ4n) is 2.41. The van der Waals surface area contributed by atoms with E-state index in [-0.39, 0.29) is 0 Å². The lowest BCUT2D eigenvalue weighted by atomic mass is 9.96. The highest BCUT2D eigenvalue weighted by Crippen LogP contribution is 2.25. The van der Waals surface area contributed by atoms with E-state index >= 15 is 0 Å². The highest BCUT2D eigenvalue weighted by Gasteiger charge is 2.18. The molecule has 0 amide bonds. The molecule has 0 aliphatic rings. The molecule has 2 N–H and O–H groups in total. The summed E-state index contributed by atoms with van der Waals surface area (Å²) < 4.78 is 2.18. The smallest absolute Gasteiger partial charge is 0.114 e. The Morgan fingerprint density at radius 3 is 2.59 bits per heavy atom. The average molecular weight is 231 g/mol. The van der Waals surface area contributed by atoms with Crippen LogP contribution in [0.2, 0.25) is 0 Å². The van der Waals surface area contributed by atoms with Crippen LogP contribution >= 0.6 is 0 Å². The third kappa shape index (κ3) is 2.34. The molecular formula is C14H21N3. The van der Waals surface area contributed by atoms with Crippen molar-refractivity contribution < 1.29 is 0 Å². The Hall–Kier alpha value is -1.35. The minimum Gasteiger partial charge on any atom is -0.331 e. The maximum atomic E-state index is 5.89. The predicted octanol–water partition coefficient (Wildman–Crippen LogP) is 2.66. The van der Waals surface area contributed by atoms with Crippen molar-refractivity contribution in [3.05, 3.63) is 30.1 Å². The van der Waals surface area contributed by atoms with Crippen LogP contribution in [0.1, 0.15) is 32.0 Å². The lowest BCUT2D eigenvalue weighted by Gasteiger charge is -2.16. The van der Waals surface area contributed by atoms with Crippen LogP contribution in [0.5, 0.6) is 0 Å². The van der Waals surface area contributed by atoms with Gasteiger partial charge >= 0.3 is 0 Å². The molecule has 0 saturated heterocycles. The van der Waals surface area contributed by atoms with E-state index < -0.39 is 0 Å². The predicted molar refractivity (Wildman–Crippen MR) is 72.0 cm³/mol. The lowest BCUT2D eigenvalue weighted by molar-refractivity contribution is 0.480. The van der Waals surface area contributed by atoms with Crippen LogP contribution in [0, 0.1) is 5.92 Å². The van der Waals surface area contributed by atoms with Crippen LogP contribution in [0.4, 0.5) is 0 Å². The molecule has 3 nitrogen and oxygen atoms in total. The summed E-state index contributed by atoms with van der Waals surface area (Å²) in [6.07, 6.45) is 1.09. The van der Waals surface area contributed by atoms with Gasteiger partial charge in [-0.15, -0.1) is 0 Å². The van der Waals surface area contributed by atoms with Crippen molar-refractivity contribution >= 4 is 11.0 Å². The number of hydrogen-bond donors (Lipinski definition) is 1. The van der Waals surface area contributed by atoms with Gasteiger partial charge < -0.3 is 10.3 Å². The fourth-order valence-corrected chi connectivity index (χ4v) is 2.41. The highest BCUT2D eigenvalue weighted by molar-refractivity contribution is 5.75. The number of para-hydroxylation sites is 2. The molecule has 0 saturated carbocycles. The zero-order chi connectivity index (χ0) is 12.4. The van der Waals surface area contributed by atoms with Crippen LogP contribution in [0.3, 0.4) is 0 Å². The largest absolute Gasteiger partial charge is 0.331 e. The van der Waals surface area contributed by atoms with Crippen LogP contribution in [-0.4, -0.2) is 16.1 Å². The summed E-state index contributed by atoms with van der Waals surface area (Å²) in [5.41, 5.74) is 8.14. The zero-order valence-corrected chi connectivity index (χ0v) is 10.9. The maximum Gasteiger partial charge on any atom is 0.114 e. The van der Waals surface area contributed by atoms with Gasteiger partial charge in [0.1, 0.15) is 5.82 Å². The monoisotopic (exact) mass is 231 g/mol. The molecule has 1 atom stereocenters. The molecule has 1 heterocycles. The standard InChI is InChI=1S/C14H21N3/c1-10(2)8-11(9-15)14-16-12-6-4-5-7-13(12)17(14)3/h4-7,10-11H,8-9,15H2,1-3H3. The normalized spacial score (nSPS) is 13.5. The third-order valence-corrected chi connectivity index (χ3v) is 3.23. The maximum absolute atomic E-state index is 5.89. The number of imidazole rings is 1. The van der Waals surface area contributed by atoms with Crippen molar-refractivity contribution in [2.24, 2.45) is 18.7 Å². The second-order valence-electron chi connectivity index (χ2n) is 5.08. The van der Waals surface area contributed by atoms with Gasteiger partial charge in [0, 0.05) is 19.5 Å². The summed E-state index contributed by atoms with van der Waals surface area (Å²) >= 11 is 0. The van der Waals surface area contributed by atoms with Crippen LogP contribution in [-0.2, 0) is 7.05 Å². The van der Waals surface area contributed by atoms with E-state index in [4.69, 9.17) is 10.7 Å². The van der Waals surface area contributed by atoms with E-state index in [2.05, 4.69) is 37.6 Å². The van der Waals surface area contributed by atoms with Crippen LogP contribution < -0.4 is 5.73 Å². The third-order valence-electron chi connectivity index (χ3n) is 3.23. The first-order valence-corrected chi connectivity index (χ1v) is 6.25. The molecule has 0 aliphatic carbocycles. The van der Waals surface area contributed by atoms with E-state index in [1.54, 1.807) is 0 Å². The van der Waals surface area contributed by atoms with Gasteiger partial charge in [-0.2, -0.15) is 0 Å². The van der Waals surface area contributed by atoms with Crippen LogP contribution in [0.15, 0.2) is 24.3 Å². The molecule has 0 bridgehead atoms. The van der Waals surface area contributed by atoms with E-state index in [1.807, 2.05) is 12.1 Å². The van der Waals surface area contributed by atoms with Crippen molar-refractivity contribution in [1.29, 1.82) is 0 Å². The van der Waals surface area contributed by atoms with E-state index in [1.165, 1.54) is 5.52 Å². The summed E-state index contributed by atoms with van der Waals surface area (Å²) in [6, 6.07) is 8.24. The Morgan fingerprint density at radius 1 is 1.29 bits per heavy atom. The number of nitrogens with two attached hydrogens (primary N) is 1. The minimum atomic E-state index is 0.354. The minimum absolute atomic E-state index is 0.354. The molecule has 1 unspecified atom stereocenters. The number of rotatable bonds is 4. The number of aromatic nitrogens is 2. The number of hydrogen-bond acceptors (Lipinski definition) is 2. The molecule has 0 fully saturated rings. The molecule has 0 spiro atoms.